The van der Waals surface area contributed by atoms with Crippen LogP contribution in [0.5, 0.6) is 0 Å². The van der Waals surface area contributed by atoms with E-state index in [4.69, 9.17) is 4.52 Å². The quantitative estimate of drug-likeness (QED) is 0.825. The van der Waals surface area contributed by atoms with Gasteiger partial charge >= 0.3 is 0 Å². The largest absolute Gasteiger partial charge is 0.338 e. The normalized spacial score (nSPS) is 20.6. The van der Waals surface area contributed by atoms with Crippen LogP contribution < -0.4 is 0 Å². The molecule has 0 aliphatic carbocycles. The van der Waals surface area contributed by atoms with Gasteiger partial charge in [0.1, 0.15) is 6.04 Å². The fourth-order valence-corrected chi connectivity index (χ4v) is 2.98. The van der Waals surface area contributed by atoms with Crippen molar-refractivity contribution in [2.75, 3.05) is 33.2 Å². The van der Waals surface area contributed by atoms with E-state index < -0.39 is 0 Å². The number of hydrogen-bond donors (Lipinski definition) is 0. The molecule has 7 nitrogen and oxygen atoms in total. The van der Waals surface area contributed by atoms with E-state index >= 15 is 0 Å². The molecule has 0 saturated carbocycles. The minimum absolute atomic E-state index is 0.186. The Morgan fingerprint density at radius 3 is 2.95 bits per heavy atom. The van der Waals surface area contributed by atoms with Crippen LogP contribution in [0.2, 0.25) is 0 Å². The van der Waals surface area contributed by atoms with Crippen LogP contribution in [0.3, 0.4) is 0 Å². The fourth-order valence-electron chi connectivity index (χ4n) is 2.98. The maximum absolute atomic E-state index is 5.37. The van der Waals surface area contributed by atoms with Crippen molar-refractivity contribution in [2.45, 2.75) is 32.9 Å². The Bertz CT molecular complexity index is 607. The molecule has 0 N–H and O–H groups in total. The Labute approximate surface area is 130 Å². The van der Waals surface area contributed by atoms with Crippen LogP contribution >= 0.6 is 0 Å². The third-order valence-electron chi connectivity index (χ3n) is 4.35. The van der Waals surface area contributed by atoms with Gasteiger partial charge in [-0.3, -0.25) is 14.5 Å². The van der Waals surface area contributed by atoms with Crippen molar-refractivity contribution in [3.63, 3.8) is 0 Å². The first-order valence-electron chi connectivity index (χ1n) is 7.91. The summed E-state index contributed by atoms with van der Waals surface area (Å²) in [6.45, 7) is 8.95. The lowest BCUT2D eigenvalue weighted by Gasteiger charge is -2.37. The topological polar surface area (TPSA) is 63.2 Å². The van der Waals surface area contributed by atoms with Gasteiger partial charge in [0.2, 0.25) is 5.89 Å². The predicted molar refractivity (Wildman–Crippen MR) is 82.5 cm³/mol. The zero-order valence-corrected chi connectivity index (χ0v) is 13.6. The molecule has 0 bridgehead atoms. The number of nitrogens with zero attached hydrogens (tertiary/aromatic N) is 6. The highest BCUT2D eigenvalue weighted by Gasteiger charge is 2.29. The lowest BCUT2D eigenvalue weighted by atomic mass is 10.1. The van der Waals surface area contributed by atoms with Crippen LogP contribution in [0.15, 0.2) is 16.8 Å². The number of rotatable bonds is 5. The summed E-state index contributed by atoms with van der Waals surface area (Å²) in [6, 6.07) is 2.30. The molecule has 1 aliphatic rings. The minimum atomic E-state index is 0.186. The SMILES string of the molecule is CCn1nccc1CCN1CCN(C)[C@H](c2nc(C)no2)C1. The molecule has 2 aromatic heterocycles. The summed E-state index contributed by atoms with van der Waals surface area (Å²) >= 11 is 0. The first-order valence-corrected chi connectivity index (χ1v) is 7.91. The molecular weight excluding hydrogens is 280 g/mol. The number of likely N-dealkylation sites (N-methyl/N-ethyl adjacent to an activating group) is 1. The van der Waals surface area contributed by atoms with Gasteiger partial charge in [0.15, 0.2) is 5.82 Å². The molecule has 0 amide bonds. The van der Waals surface area contributed by atoms with E-state index in [-0.39, 0.29) is 6.04 Å². The number of hydrogen-bond acceptors (Lipinski definition) is 6. The van der Waals surface area contributed by atoms with E-state index in [1.165, 1.54) is 5.69 Å². The molecule has 1 fully saturated rings. The number of piperazine rings is 1. The maximum atomic E-state index is 5.37. The Hall–Kier alpha value is -1.73. The second-order valence-electron chi connectivity index (χ2n) is 5.87. The monoisotopic (exact) mass is 304 g/mol. The van der Waals surface area contributed by atoms with Gasteiger partial charge in [-0.1, -0.05) is 5.16 Å². The highest BCUT2D eigenvalue weighted by atomic mass is 16.5. The van der Waals surface area contributed by atoms with Gasteiger partial charge in [-0.15, -0.1) is 0 Å². The van der Waals surface area contributed by atoms with E-state index in [1.54, 1.807) is 0 Å². The molecule has 120 valence electrons. The van der Waals surface area contributed by atoms with Gasteiger partial charge in [0, 0.05) is 51.0 Å². The summed E-state index contributed by atoms with van der Waals surface area (Å²) in [5.41, 5.74) is 1.30. The average molecular weight is 304 g/mol. The zero-order valence-electron chi connectivity index (χ0n) is 13.6. The van der Waals surface area contributed by atoms with Crippen LogP contribution in [0, 0.1) is 6.92 Å². The van der Waals surface area contributed by atoms with Crippen molar-refractivity contribution in [3.05, 3.63) is 29.7 Å². The van der Waals surface area contributed by atoms with Gasteiger partial charge in [-0.25, -0.2) is 0 Å². The Kier molecular flexibility index (Phi) is 4.54. The van der Waals surface area contributed by atoms with Crippen LogP contribution in [-0.4, -0.2) is 62.9 Å². The van der Waals surface area contributed by atoms with Gasteiger partial charge < -0.3 is 4.52 Å². The van der Waals surface area contributed by atoms with Crippen molar-refractivity contribution >= 4 is 0 Å². The summed E-state index contributed by atoms with van der Waals surface area (Å²) in [6.07, 6.45) is 2.90. The van der Waals surface area contributed by atoms with Crippen LogP contribution in [0.4, 0.5) is 0 Å². The van der Waals surface area contributed by atoms with Crippen LogP contribution in [0.25, 0.3) is 0 Å². The molecule has 0 aromatic carbocycles. The third kappa shape index (κ3) is 3.20. The Morgan fingerprint density at radius 1 is 1.36 bits per heavy atom. The number of aryl methyl sites for hydroxylation is 2. The summed E-state index contributed by atoms with van der Waals surface area (Å²) in [5, 5.41) is 8.25. The molecule has 1 aliphatic heterocycles. The highest BCUT2D eigenvalue weighted by Crippen LogP contribution is 2.22. The summed E-state index contributed by atoms with van der Waals surface area (Å²) in [7, 11) is 2.12. The summed E-state index contributed by atoms with van der Waals surface area (Å²) in [4.78, 5) is 9.16. The molecule has 0 unspecified atom stereocenters. The zero-order chi connectivity index (χ0) is 15.5. The molecule has 0 radical (unpaired) electrons. The lowest BCUT2D eigenvalue weighted by Crippen LogP contribution is -2.47. The molecular formula is C15H24N6O. The first kappa shape index (κ1) is 15.2. The van der Waals surface area contributed by atoms with Crippen LogP contribution in [0.1, 0.15) is 30.4 Å². The molecule has 3 heterocycles. The highest BCUT2D eigenvalue weighted by molar-refractivity contribution is 5.02. The predicted octanol–water partition coefficient (Wildman–Crippen LogP) is 1.13. The molecule has 1 saturated heterocycles. The minimum Gasteiger partial charge on any atom is -0.338 e. The van der Waals surface area contributed by atoms with E-state index in [2.05, 4.69) is 49.8 Å². The third-order valence-corrected chi connectivity index (χ3v) is 4.35. The standard InChI is InChI=1S/C15H24N6O/c1-4-21-13(5-7-16-21)6-8-20-10-9-19(3)14(11-20)15-17-12(2)18-22-15/h5,7,14H,4,6,8-11H2,1-3H3/t14-/m0/s1. The molecule has 3 rings (SSSR count). The fraction of sp³-hybridized carbons (Fsp3) is 0.667. The first-order chi connectivity index (χ1) is 10.7. The van der Waals surface area contributed by atoms with Gasteiger partial charge in [-0.05, 0) is 27.0 Å². The van der Waals surface area contributed by atoms with E-state index in [0.29, 0.717) is 5.82 Å². The second-order valence-corrected chi connectivity index (χ2v) is 5.87. The molecule has 22 heavy (non-hydrogen) atoms. The van der Waals surface area contributed by atoms with Crippen molar-refractivity contribution in [2.24, 2.45) is 0 Å². The molecule has 2 aromatic rings. The van der Waals surface area contributed by atoms with E-state index in [9.17, 15) is 0 Å². The number of aromatic nitrogens is 4. The summed E-state index contributed by atoms with van der Waals surface area (Å²) < 4.78 is 7.43. The van der Waals surface area contributed by atoms with Crippen LogP contribution in [-0.2, 0) is 13.0 Å². The van der Waals surface area contributed by atoms with Crippen molar-refractivity contribution in [3.8, 4) is 0 Å². The van der Waals surface area contributed by atoms with Crippen molar-refractivity contribution < 1.29 is 4.52 Å². The lowest BCUT2D eigenvalue weighted by molar-refractivity contribution is 0.0763. The van der Waals surface area contributed by atoms with E-state index in [0.717, 1.165) is 45.0 Å². The van der Waals surface area contributed by atoms with Crippen molar-refractivity contribution in [1.82, 2.24) is 29.7 Å². The van der Waals surface area contributed by atoms with Gasteiger partial charge in [-0.2, -0.15) is 10.1 Å². The summed E-state index contributed by atoms with van der Waals surface area (Å²) in [5.74, 6) is 1.43. The Morgan fingerprint density at radius 2 is 2.23 bits per heavy atom. The van der Waals surface area contributed by atoms with Crippen molar-refractivity contribution in [1.29, 1.82) is 0 Å². The molecule has 0 spiro atoms. The molecule has 7 heteroatoms. The van der Waals surface area contributed by atoms with E-state index in [1.807, 2.05) is 13.1 Å². The maximum Gasteiger partial charge on any atom is 0.245 e. The average Bonchev–Trinajstić information content (AvgIpc) is 3.14. The Balaban J connectivity index is 1.61. The van der Waals surface area contributed by atoms with Gasteiger partial charge in [0.25, 0.3) is 0 Å². The molecule has 1 atom stereocenters. The second kappa shape index (κ2) is 6.58. The van der Waals surface area contributed by atoms with Gasteiger partial charge in [0.05, 0.1) is 0 Å². The smallest absolute Gasteiger partial charge is 0.245 e.